The van der Waals surface area contributed by atoms with Gasteiger partial charge in [0.05, 0.1) is 23.3 Å². The molecule has 0 aromatic heterocycles. The maximum absolute atomic E-state index is 12.0. The van der Waals surface area contributed by atoms with Crippen LogP contribution in [-0.4, -0.2) is 38.8 Å². The van der Waals surface area contributed by atoms with E-state index < -0.39 is 0 Å². The molecule has 1 N–H and O–H groups in total. The Morgan fingerprint density at radius 3 is 2.36 bits per heavy atom. The monoisotopic (exact) mass is 380 g/mol. The molecule has 1 heterocycles. The molecule has 1 saturated heterocycles. The quantitative estimate of drug-likeness (QED) is 0.855. The van der Waals surface area contributed by atoms with E-state index in [0.717, 1.165) is 32.0 Å². The van der Waals surface area contributed by atoms with Gasteiger partial charge < -0.3 is 19.7 Å². The first-order valence-electron chi connectivity index (χ1n) is 7.93. The number of carbonyl (C=O) groups is 1. The fourth-order valence-electron chi connectivity index (χ4n) is 2.53. The number of para-hydroxylation sites is 1. The van der Waals surface area contributed by atoms with Crippen molar-refractivity contribution in [1.29, 1.82) is 0 Å². The van der Waals surface area contributed by atoms with E-state index in [2.05, 4.69) is 10.2 Å². The van der Waals surface area contributed by atoms with Crippen LogP contribution in [0.2, 0.25) is 10.0 Å². The standard InChI is InChI=1S/C18H18Cl2N2O3/c19-15-2-1-3-16(20)18(15)25-12-17(23)21-13-4-6-14(7-5-13)22-8-10-24-11-9-22/h1-7H,8-12H2,(H,21,23). The van der Waals surface area contributed by atoms with E-state index in [1.165, 1.54) is 0 Å². The number of amides is 1. The van der Waals surface area contributed by atoms with Crippen LogP contribution in [0.25, 0.3) is 0 Å². The summed E-state index contributed by atoms with van der Waals surface area (Å²) < 4.78 is 10.8. The van der Waals surface area contributed by atoms with Crippen LogP contribution in [-0.2, 0) is 9.53 Å². The van der Waals surface area contributed by atoms with Crippen LogP contribution >= 0.6 is 23.2 Å². The molecule has 3 rings (SSSR count). The second kappa shape index (κ2) is 8.43. The van der Waals surface area contributed by atoms with Crippen molar-refractivity contribution in [3.8, 4) is 5.75 Å². The first-order chi connectivity index (χ1) is 12.1. The number of carbonyl (C=O) groups excluding carboxylic acids is 1. The highest BCUT2D eigenvalue weighted by atomic mass is 35.5. The van der Waals surface area contributed by atoms with Gasteiger partial charge in [0.1, 0.15) is 0 Å². The molecule has 0 atom stereocenters. The van der Waals surface area contributed by atoms with Gasteiger partial charge in [0, 0.05) is 24.5 Å². The first kappa shape index (κ1) is 17.9. The number of nitrogens with zero attached hydrogens (tertiary/aromatic N) is 1. The zero-order valence-corrected chi connectivity index (χ0v) is 15.0. The predicted molar refractivity (Wildman–Crippen MR) is 100 cm³/mol. The number of rotatable bonds is 5. The van der Waals surface area contributed by atoms with E-state index in [1.807, 2.05) is 24.3 Å². The maximum atomic E-state index is 12.0. The Hall–Kier alpha value is -1.95. The van der Waals surface area contributed by atoms with Crippen LogP contribution in [0, 0.1) is 0 Å². The van der Waals surface area contributed by atoms with Gasteiger partial charge in [0.2, 0.25) is 0 Å². The van der Waals surface area contributed by atoms with E-state index in [-0.39, 0.29) is 12.5 Å². The molecule has 1 aliphatic rings. The van der Waals surface area contributed by atoms with Crippen LogP contribution in [0.1, 0.15) is 0 Å². The third kappa shape index (κ3) is 4.78. The lowest BCUT2D eigenvalue weighted by Crippen LogP contribution is -2.36. The predicted octanol–water partition coefficient (Wildman–Crippen LogP) is 3.85. The Morgan fingerprint density at radius 1 is 1.08 bits per heavy atom. The molecule has 0 bridgehead atoms. The van der Waals surface area contributed by atoms with Crippen molar-refractivity contribution in [2.75, 3.05) is 43.1 Å². The largest absolute Gasteiger partial charge is 0.481 e. The Kier molecular flexibility index (Phi) is 6.02. The van der Waals surface area contributed by atoms with Gasteiger partial charge in [0.25, 0.3) is 5.91 Å². The normalized spacial score (nSPS) is 14.2. The summed E-state index contributed by atoms with van der Waals surface area (Å²) in [7, 11) is 0. The van der Waals surface area contributed by atoms with Gasteiger partial charge in [-0.25, -0.2) is 0 Å². The lowest BCUT2D eigenvalue weighted by atomic mass is 10.2. The van der Waals surface area contributed by atoms with E-state index >= 15 is 0 Å². The molecule has 2 aromatic carbocycles. The van der Waals surface area contributed by atoms with E-state index in [9.17, 15) is 4.79 Å². The number of nitrogens with one attached hydrogen (secondary N) is 1. The molecule has 7 heteroatoms. The van der Waals surface area contributed by atoms with E-state index in [0.29, 0.717) is 21.5 Å². The molecule has 2 aromatic rings. The molecule has 0 radical (unpaired) electrons. The molecule has 1 aliphatic heterocycles. The van der Waals surface area contributed by atoms with Gasteiger partial charge in [-0.3, -0.25) is 4.79 Å². The molecule has 1 amide bonds. The van der Waals surface area contributed by atoms with Crippen molar-refractivity contribution in [3.05, 3.63) is 52.5 Å². The molecule has 0 spiro atoms. The summed E-state index contributed by atoms with van der Waals surface area (Å²) in [5.74, 6) is 0.0266. The number of halogens is 2. The average molecular weight is 381 g/mol. The zero-order valence-electron chi connectivity index (χ0n) is 13.5. The molecule has 0 aliphatic carbocycles. The second-order valence-corrected chi connectivity index (χ2v) is 6.35. The first-order valence-corrected chi connectivity index (χ1v) is 8.68. The van der Waals surface area contributed by atoms with E-state index in [1.54, 1.807) is 18.2 Å². The molecule has 5 nitrogen and oxygen atoms in total. The van der Waals surface area contributed by atoms with Gasteiger partial charge in [-0.15, -0.1) is 0 Å². The molecule has 0 saturated carbocycles. The van der Waals surface area contributed by atoms with Crippen LogP contribution in [0.5, 0.6) is 5.75 Å². The van der Waals surface area contributed by atoms with Crippen LogP contribution in [0.4, 0.5) is 11.4 Å². The average Bonchev–Trinajstić information content (AvgIpc) is 2.63. The summed E-state index contributed by atoms with van der Waals surface area (Å²) in [6.07, 6.45) is 0. The van der Waals surface area contributed by atoms with Crippen LogP contribution in [0.3, 0.4) is 0 Å². The van der Waals surface area contributed by atoms with Crippen molar-refractivity contribution in [2.24, 2.45) is 0 Å². The van der Waals surface area contributed by atoms with Gasteiger partial charge >= 0.3 is 0 Å². The van der Waals surface area contributed by atoms with Gasteiger partial charge in [0.15, 0.2) is 12.4 Å². The molecule has 1 fully saturated rings. The summed E-state index contributed by atoms with van der Waals surface area (Å²) in [4.78, 5) is 14.3. The molecule has 132 valence electrons. The number of benzene rings is 2. The minimum absolute atomic E-state index is 0.172. The molecule has 25 heavy (non-hydrogen) atoms. The number of hydrogen-bond donors (Lipinski definition) is 1. The highest BCUT2D eigenvalue weighted by Gasteiger charge is 2.12. The molecular weight excluding hydrogens is 363 g/mol. The topological polar surface area (TPSA) is 50.8 Å². The minimum Gasteiger partial charge on any atom is -0.481 e. The smallest absolute Gasteiger partial charge is 0.262 e. The zero-order chi connectivity index (χ0) is 17.6. The third-order valence-corrected chi connectivity index (χ3v) is 4.39. The Balaban J connectivity index is 1.54. The van der Waals surface area contributed by atoms with Crippen molar-refractivity contribution >= 4 is 40.5 Å². The highest BCUT2D eigenvalue weighted by molar-refractivity contribution is 6.37. The van der Waals surface area contributed by atoms with Crippen molar-refractivity contribution in [2.45, 2.75) is 0 Å². The van der Waals surface area contributed by atoms with Crippen LogP contribution in [0.15, 0.2) is 42.5 Å². The molecule has 0 unspecified atom stereocenters. The lowest BCUT2D eigenvalue weighted by Gasteiger charge is -2.28. The summed E-state index contributed by atoms with van der Waals surface area (Å²) in [6.45, 7) is 3.05. The third-order valence-electron chi connectivity index (χ3n) is 3.79. The number of morpholine rings is 1. The van der Waals surface area contributed by atoms with Gasteiger partial charge in [-0.05, 0) is 36.4 Å². The fourth-order valence-corrected chi connectivity index (χ4v) is 3.04. The second-order valence-electron chi connectivity index (χ2n) is 5.53. The number of ether oxygens (including phenoxy) is 2. The Labute approximate surface area is 156 Å². The Bertz CT molecular complexity index is 711. The lowest BCUT2D eigenvalue weighted by molar-refractivity contribution is -0.118. The summed E-state index contributed by atoms with van der Waals surface area (Å²) in [5.41, 5.74) is 1.82. The fraction of sp³-hybridized carbons (Fsp3) is 0.278. The van der Waals surface area contributed by atoms with Crippen molar-refractivity contribution in [1.82, 2.24) is 0 Å². The highest BCUT2D eigenvalue weighted by Crippen LogP contribution is 2.32. The Morgan fingerprint density at radius 2 is 1.72 bits per heavy atom. The number of hydrogen-bond acceptors (Lipinski definition) is 4. The van der Waals surface area contributed by atoms with Crippen LogP contribution < -0.4 is 15.0 Å². The summed E-state index contributed by atoms with van der Waals surface area (Å²) >= 11 is 12.0. The minimum atomic E-state index is -0.282. The van der Waals surface area contributed by atoms with Crippen molar-refractivity contribution in [3.63, 3.8) is 0 Å². The van der Waals surface area contributed by atoms with Gasteiger partial charge in [-0.1, -0.05) is 29.3 Å². The molecular formula is C18H18Cl2N2O3. The SMILES string of the molecule is O=C(COc1c(Cl)cccc1Cl)Nc1ccc(N2CCOCC2)cc1. The maximum Gasteiger partial charge on any atom is 0.262 e. The van der Waals surface area contributed by atoms with Crippen molar-refractivity contribution < 1.29 is 14.3 Å². The summed E-state index contributed by atoms with van der Waals surface area (Å²) in [6, 6.07) is 12.7. The summed E-state index contributed by atoms with van der Waals surface area (Å²) in [5, 5.41) is 3.53. The van der Waals surface area contributed by atoms with Gasteiger partial charge in [-0.2, -0.15) is 0 Å². The van der Waals surface area contributed by atoms with E-state index in [4.69, 9.17) is 32.7 Å². The number of anilines is 2.